The van der Waals surface area contributed by atoms with Crippen molar-refractivity contribution in [2.75, 3.05) is 0 Å². The highest BCUT2D eigenvalue weighted by atomic mass is 19.1. The minimum Gasteiger partial charge on any atom is -0.388 e. The van der Waals surface area contributed by atoms with Gasteiger partial charge in [0.05, 0.1) is 6.10 Å². The van der Waals surface area contributed by atoms with E-state index in [9.17, 15) is 9.50 Å². The summed E-state index contributed by atoms with van der Waals surface area (Å²) in [7, 11) is 0. The fraction of sp³-hybridized carbons (Fsp3) is 0.571. The highest BCUT2D eigenvalue weighted by molar-refractivity contribution is 5.25. The average Bonchev–Trinajstić information content (AvgIpc) is 2.21. The molecule has 1 atom stereocenters. The summed E-state index contributed by atoms with van der Waals surface area (Å²) in [5, 5.41) is 9.90. The predicted octanol–water partition coefficient (Wildman–Crippen LogP) is 3.99. The first-order valence-corrected chi connectivity index (χ1v) is 5.95. The average molecular weight is 224 g/mol. The summed E-state index contributed by atoms with van der Waals surface area (Å²) in [6.45, 7) is 6.21. The summed E-state index contributed by atoms with van der Waals surface area (Å²) in [5.74, 6) is 0.331. The Morgan fingerprint density at radius 1 is 1.25 bits per heavy atom. The van der Waals surface area contributed by atoms with E-state index in [-0.39, 0.29) is 5.82 Å². The van der Waals surface area contributed by atoms with E-state index in [0.29, 0.717) is 17.9 Å². The van der Waals surface area contributed by atoms with E-state index in [4.69, 9.17) is 0 Å². The molecule has 16 heavy (non-hydrogen) atoms. The Kier molecular flexibility index (Phi) is 4.94. The standard InChI is InChI=1S/C14H21FO/c1-10(2)5-4-6-14(16)12-9-11(3)7-8-13(12)15/h7-10,14,16H,4-6H2,1-3H3. The van der Waals surface area contributed by atoms with Gasteiger partial charge in [-0.2, -0.15) is 0 Å². The van der Waals surface area contributed by atoms with Crippen LogP contribution in [0.2, 0.25) is 0 Å². The van der Waals surface area contributed by atoms with Gasteiger partial charge in [-0.05, 0) is 25.3 Å². The maximum Gasteiger partial charge on any atom is 0.129 e. The first-order chi connectivity index (χ1) is 7.50. The first kappa shape index (κ1) is 13.2. The van der Waals surface area contributed by atoms with Gasteiger partial charge in [0.1, 0.15) is 5.82 Å². The van der Waals surface area contributed by atoms with Gasteiger partial charge < -0.3 is 5.11 Å². The summed E-state index contributed by atoms with van der Waals surface area (Å²) < 4.78 is 13.4. The highest BCUT2D eigenvalue weighted by Gasteiger charge is 2.12. The number of aryl methyl sites for hydroxylation is 1. The van der Waals surface area contributed by atoms with Crippen molar-refractivity contribution in [2.45, 2.75) is 46.1 Å². The monoisotopic (exact) mass is 224 g/mol. The number of rotatable bonds is 5. The Hall–Kier alpha value is -0.890. The number of aliphatic hydroxyl groups is 1. The molecule has 0 heterocycles. The van der Waals surface area contributed by atoms with Crippen LogP contribution in [0.4, 0.5) is 4.39 Å². The summed E-state index contributed by atoms with van der Waals surface area (Å²) in [5.41, 5.74) is 1.42. The Balaban J connectivity index is 2.58. The Bertz CT molecular complexity index is 334. The normalized spacial score (nSPS) is 13.1. The zero-order chi connectivity index (χ0) is 12.1. The number of aliphatic hydroxyl groups excluding tert-OH is 1. The molecule has 0 spiro atoms. The minimum absolute atomic E-state index is 0.303. The third-order valence-corrected chi connectivity index (χ3v) is 2.77. The van der Waals surface area contributed by atoms with E-state index < -0.39 is 6.10 Å². The maximum atomic E-state index is 13.4. The van der Waals surface area contributed by atoms with Gasteiger partial charge in [-0.15, -0.1) is 0 Å². The van der Waals surface area contributed by atoms with Gasteiger partial charge in [-0.25, -0.2) is 4.39 Å². The fourth-order valence-corrected chi connectivity index (χ4v) is 1.79. The molecule has 1 rings (SSSR count). The largest absolute Gasteiger partial charge is 0.388 e. The number of hydrogen-bond acceptors (Lipinski definition) is 1. The molecule has 0 fully saturated rings. The Labute approximate surface area is 97.3 Å². The molecule has 2 heteroatoms. The number of halogens is 1. The van der Waals surface area contributed by atoms with Gasteiger partial charge in [-0.1, -0.05) is 44.4 Å². The van der Waals surface area contributed by atoms with Crippen molar-refractivity contribution >= 4 is 0 Å². The molecule has 0 bridgehead atoms. The predicted molar refractivity (Wildman–Crippen MR) is 64.8 cm³/mol. The molecule has 1 unspecified atom stereocenters. The van der Waals surface area contributed by atoms with Crippen LogP contribution < -0.4 is 0 Å². The van der Waals surface area contributed by atoms with Gasteiger partial charge in [0.15, 0.2) is 0 Å². The quantitative estimate of drug-likeness (QED) is 0.801. The van der Waals surface area contributed by atoms with E-state index in [1.54, 1.807) is 12.1 Å². The van der Waals surface area contributed by atoms with Crippen LogP contribution >= 0.6 is 0 Å². The zero-order valence-electron chi connectivity index (χ0n) is 10.3. The van der Waals surface area contributed by atoms with Crippen LogP contribution in [0, 0.1) is 18.7 Å². The van der Waals surface area contributed by atoms with Crippen LogP contribution in [0.25, 0.3) is 0 Å². The van der Waals surface area contributed by atoms with Gasteiger partial charge in [0.25, 0.3) is 0 Å². The molecule has 0 aliphatic rings. The second-order valence-electron chi connectivity index (χ2n) is 4.87. The van der Waals surface area contributed by atoms with E-state index >= 15 is 0 Å². The lowest BCUT2D eigenvalue weighted by Gasteiger charge is -2.13. The zero-order valence-corrected chi connectivity index (χ0v) is 10.3. The maximum absolute atomic E-state index is 13.4. The molecular weight excluding hydrogens is 203 g/mol. The first-order valence-electron chi connectivity index (χ1n) is 5.95. The van der Waals surface area contributed by atoms with Crippen molar-refractivity contribution in [2.24, 2.45) is 5.92 Å². The second-order valence-corrected chi connectivity index (χ2v) is 4.87. The lowest BCUT2D eigenvalue weighted by Crippen LogP contribution is -2.02. The minimum atomic E-state index is -0.668. The van der Waals surface area contributed by atoms with Crippen molar-refractivity contribution in [3.05, 3.63) is 35.1 Å². The van der Waals surface area contributed by atoms with Gasteiger partial charge in [0.2, 0.25) is 0 Å². The van der Waals surface area contributed by atoms with Crippen LogP contribution in [0.3, 0.4) is 0 Å². The molecular formula is C14H21FO. The van der Waals surface area contributed by atoms with Gasteiger partial charge >= 0.3 is 0 Å². The second kappa shape index (κ2) is 6.00. The molecule has 0 saturated heterocycles. The van der Waals surface area contributed by atoms with Crippen molar-refractivity contribution in [3.63, 3.8) is 0 Å². The summed E-state index contributed by atoms with van der Waals surface area (Å²) >= 11 is 0. The molecule has 0 aliphatic carbocycles. The summed E-state index contributed by atoms with van der Waals surface area (Å²) in [6, 6.07) is 4.88. The number of hydrogen-bond donors (Lipinski definition) is 1. The topological polar surface area (TPSA) is 20.2 Å². The third-order valence-electron chi connectivity index (χ3n) is 2.77. The molecule has 1 aromatic carbocycles. The molecule has 90 valence electrons. The Morgan fingerprint density at radius 2 is 1.94 bits per heavy atom. The number of benzene rings is 1. The van der Waals surface area contributed by atoms with E-state index in [2.05, 4.69) is 13.8 Å². The van der Waals surface area contributed by atoms with Crippen LogP contribution in [0.15, 0.2) is 18.2 Å². The highest BCUT2D eigenvalue weighted by Crippen LogP contribution is 2.23. The van der Waals surface area contributed by atoms with Crippen LogP contribution in [0.1, 0.15) is 50.3 Å². The third kappa shape index (κ3) is 3.93. The SMILES string of the molecule is Cc1ccc(F)c(C(O)CCCC(C)C)c1. The van der Waals surface area contributed by atoms with Crippen LogP contribution in [-0.2, 0) is 0 Å². The molecule has 0 aliphatic heterocycles. The summed E-state index contributed by atoms with van der Waals surface area (Å²) in [6.07, 6.45) is 1.98. The van der Waals surface area contributed by atoms with Crippen molar-refractivity contribution in [1.82, 2.24) is 0 Å². The molecule has 0 radical (unpaired) electrons. The van der Waals surface area contributed by atoms with Crippen LogP contribution in [0.5, 0.6) is 0 Å². The van der Waals surface area contributed by atoms with Gasteiger partial charge in [0, 0.05) is 5.56 Å². The van der Waals surface area contributed by atoms with Gasteiger partial charge in [-0.3, -0.25) is 0 Å². The smallest absolute Gasteiger partial charge is 0.129 e. The molecule has 0 aromatic heterocycles. The fourth-order valence-electron chi connectivity index (χ4n) is 1.79. The van der Waals surface area contributed by atoms with E-state index in [1.165, 1.54) is 6.07 Å². The van der Waals surface area contributed by atoms with E-state index in [1.807, 2.05) is 6.92 Å². The van der Waals surface area contributed by atoms with Crippen LogP contribution in [-0.4, -0.2) is 5.11 Å². The molecule has 1 N–H and O–H groups in total. The molecule has 1 aromatic rings. The van der Waals surface area contributed by atoms with Crippen molar-refractivity contribution in [1.29, 1.82) is 0 Å². The van der Waals surface area contributed by atoms with Crippen molar-refractivity contribution in [3.8, 4) is 0 Å². The molecule has 0 amide bonds. The van der Waals surface area contributed by atoms with Crippen molar-refractivity contribution < 1.29 is 9.50 Å². The van der Waals surface area contributed by atoms with E-state index in [0.717, 1.165) is 18.4 Å². The molecule has 1 nitrogen and oxygen atoms in total. The lowest BCUT2D eigenvalue weighted by molar-refractivity contribution is 0.157. The summed E-state index contributed by atoms with van der Waals surface area (Å²) in [4.78, 5) is 0. The molecule has 0 saturated carbocycles. The lowest BCUT2D eigenvalue weighted by atomic mass is 9.99. The Morgan fingerprint density at radius 3 is 2.56 bits per heavy atom.